The SMILES string of the molecule is CCNCC1CCN(C(=O)C(C(C)C)S(=O)(=O)C2CCCCC2)CC1.Cl. The van der Waals surface area contributed by atoms with Gasteiger partial charge in [-0.25, -0.2) is 8.42 Å². The lowest BCUT2D eigenvalue weighted by Gasteiger charge is -2.36. The minimum absolute atomic E-state index is 0. The second-order valence-electron chi connectivity index (χ2n) is 8.09. The molecule has 2 fully saturated rings. The van der Waals surface area contributed by atoms with Crippen molar-refractivity contribution in [1.82, 2.24) is 10.2 Å². The van der Waals surface area contributed by atoms with E-state index in [1.165, 1.54) is 0 Å². The molecule has 1 N–H and O–H groups in total. The van der Waals surface area contributed by atoms with Gasteiger partial charge in [-0.3, -0.25) is 4.79 Å². The Morgan fingerprint density at radius 2 is 1.65 bits per heavy atom. The van der Waals surface area contributed by atoms with Crippen LogP contribution in [0, 0.1) is 11.8 Å². The van der Waals surface area contributed by atoms with Crippen LogP contribution in [0.15, 0.2) is 0 Å². The zero-order chi connectivity index (χ0) is 18.4. The molecule has 1 aliphatic heterocycles. The Kier molecular flexibility index (Phi) is 9.91. The number of piperidine rings is 1. The molecule has 0 radical (unpaired) electrons. The summed E-state index contributed by atoms with van der Waals surface area (Å²) in [6.45, 7) is 9.20. The van der Waals surface area contributed by atoms with Crippen molar-refractivity contribution in [2.45, 2.75) is 76.2 Å². The van der Waals surface area contributed by atoms with E-state index in [1.807, 2.05) is 18.7 Å². The maximum absolute atomic E-state index is 13.2. The average Bonchev–Trinajstić information content (AvgIpc) is 2.60. The Labute approximate surface area is 166 Å². The van der Waals surface area contributed by atoms with Crippen molar-refractivity contribution in [3.8, 4) is 0 Å². The summed E-state index contributed by atoms with van der Waals surface area (Å²) >= 11 is 0. The number of hydrogen-bond donors (Lipinski definition) is 1. The van der Waals surface area contributed by atoms with Gasteiger partial charge in [0.05, 0.1) is 5.25 Å². The molecule has 1 heterocycles. The number of likely N-dealkylation sites (tertiary alicyclic amines) is 1. The van der Waals surface area contributed by atoms with E-state index < -0.39 is 15.1 Å². The van der Waals surface area contributed by atoms with E-state index in [0.29, 0.717) is 19.0 Å². The van der Waals surface area contributed by atoms with Gasteiger partial charge in [0.25, 0.3) is 0 Å². The molecule has 2 rings (SSSR count). The van der Waals surface area contributed by atoms with Crippen LogP contribution in [0.2, 0.25) is 0 Å². The predicted octanol–water partition coefficient (Wildman–Crippen LogP) is 3.03. The van der Waals surface area contributed by atoms with Gasteiger partial charge in [-0.1, -0.05) is 40.0 Å². The van der Waals surface area contributed by atoms with Crippen LogP contribution in [0.3, 0.4) is 0 Å². The van der Waals surface area contributed by atoms with Gasteiger partial charge >= 0.3 is 0 Å². The highest BCUT2D eigenvalue weighted by Crippen LogP contribution is 2.30. The summed E-state index contributed by atoms with van der Waals surface area (Å²) in [5.41, 5.74) is 0. The lowest BCUT2D eigenvalue weighted by molar-refractivity contribution is -0.132. The smallest absolute Gasteiger partial charge is 0.241 e. The van der Waals surface area contributed by atoms with Crippen LogP contribution in [-0.4, -0.2) is 55.9 Å². The molecule has 1 saturated heterocycles. The van der Waals surface area contributed by atoms with Crippen molar-refractivity contribution in [2.24, 2.45) is 11.8 Å². The van der Waals surface area contributed by atoms with Crippen molar-refractivity contribution in [3.05, 3.63) is 0 Å². The Hall–Kier alpha value is -0.330. The van der Waals surface area contributed by atoms with Crippen LogP contribution in [0.25, 0.3) is 0 Å². The van der Waals surface area contributed by atoms with E-state index in [9.17, 15) is 13.2 Å². The number of nitrogens with one attached hydrogen (secondary N) is 1. The van der Waals surface area contributed by atoms with Gasteiger partial charge in [0.15, 0.2) is 9.84 Å². The largest absolute Gasteiger partial charge is 0.342 e. The van der Waals surface area contributed by atoms with Crippen molar-refractivity contribution in [2.75, 3.05) is 26.2 Å². The molecule has 7 heteroatoms. The van der Waals surface area contributed by atoms with Crippen molar-refractivity contribution in [3.63, 3.8) is 0 Å². The minimum atomic E-state index is -3.40. The fourth-order valence-electron chi connectivity index (χ4n) is 4.29. The highest BCUT2D eigenvalue weighted by Gasteiger charge is 2.43. The third kappa shape index (κ3) is 5.83. The van der Waals surface area contributed by atoms with Gasteiger partial charge in [0.1, 0.15) is 5.25 Å². The Bertz CT molecular complexity index is 525. The second kappa shape index (κ2) is 10.9. The molecular formula is C19H37ClN2O3S. The van der Waals surface area contributed by atoms with Crippen LogP contribution in [0.1, 0.15) is 65.7 Å². The fraction of sp³-hybridized carbons (Fsp3) is 0.947. The first kappa shape index (κ1) is 23.7. The average molecular weight is 409 g/mol. The zero-order valence-corrected chi connectivity index (χ0v) is 18.2. The molecule has 0 bridgehead atoms. The second-order valence-corrected chi connectivity index (χ2v) is 10.4. The zero-order valence-electron chi connectivity index (χ0n) is 16.6. The summed E-state index contributed by atoms with van der Waals surface area (Å²) in [7, 11) is -3.40. The molecule has 2 aliphatic rings. The van der Waals surface area contributed by atoms with Crippen LogP contribution in [-0.2, 0) is 14.6 Å². The summed E-state index contributed by atoms with van der Waals surface area (Å²) in [6.07, 6.45) is 6.44. The van der Waals surface area contributed by atoms with Crippen LogP contribution in [0.4, 0.5) is 0 Å². The van der Waals surface area contributed by atoms with Gasteiger partial charge in [-0.05, 0) is 50.6 Å². The fourth-order valence-corrected chi connectivity index (χ4v) is 6.89. The number of rotatable bonds is 7. The summed E-state index contributed by atoms with van der Waals surface area (Å²) in [5, 5.41) is 2.19. The van der Waals surface area contributed by atoms with Crippen molar-refractivity contribution < 1.29 is 13.2 Å². The van der Waals surface area contributed by atoms with E-state index in [2.05, 4.69) is 12.2 Å². The van der Waals surface area contributed by atoms with E-state index >= 15 is 0 Å². The first-order chi connectivity index (χ1) is 11.9. The van der Waals surface area contributed by atoms with Crippen LogP contribution < -0.4 is 5.32 Å². The van der Waals surface area contributed by atoms with Gasteiger partial charge < -0.3 is 10.2 Å². The van der Waals surface area contributed by atoms with Crippen LogP contribution in [0.5, 0.6) is 0 Å². The Morgan fingerprint density at radius 3 is 2.15 bits per heavy atom. The summed E-state index contributed by atoms with van der Waals surface area (Å²) in [5.74, 6) is 0.276. The molecule has 1 saturated carbocycles. The lowest BCUT2D eigenvalue weighted by Crippen LogP contribution is -2.51. The number of amides is 1. The standard InChI is InChI=1S/C19H36N2O3S.ClH/c1-4-20-14-16-10-12-21(13-11-16)19(22)18(15(2)3)25(23,24)17-8-6-5-7-9-17;/h15-18,20H,4-14H2,1-3H3;1H. The predicted molar refractivity (Wildman–Crippen MR) is 110 cm³/mol. The highest BCUT2D eigenvalue weighted by atomic mass is 35.5. The molecule has 5 nitrogen and oxygen atoms in total. The first-order valence-corrected chi connectivity index (χ1v) is 11.7. The maximum atomic E-state index is 13.2. The molecule has 154 valence electrons. The number of carbonyl (C=O) groups excluding carboxylic acids is 1. The van der Waals surface area contributed by atoms with Gasteiger partial charge in [0, 0.05) is 13.1 Å². The Balaban J connectivity index is 0.00000338. The maximum Gasteiger partial charge on any atom is 0.241 e. The minimum Gasteiger partial charge on any atom is -0.342 e. The number of carbonyl (C=O) groups is 1. The molecule has 0 aromatic rings. The van der Waals surface area contributed by atoms with E-state index in [4.69, 9.17) is 0 Å². The lowest BCUT2D eigenvalue weighted by atomic mass is 9.96. The van der Waals surface area contributed by atoms with E-state index in [-0.39, 0.29) is 29.5 Å². The third-order valence-electron chi connectivity index (χ3n) is 5.83. The molecule has 1 atom stereocenters. The summed E-state index contributed by atoms with van der Waals surface area (Å²) in [4.78, 5) is 14.9. The molecule has 1 aliphatic carbocycles. The highest BCUT2D eigenvalue weighted by molar-refractivity contribution is 7.93. The topological polar surface area (TPSA) is 66.5 Å². The van der Waals surface area contributed by atoms with Gasteiger partial charge in [-0.15, -0.1) is 12.4 Å². The van der Waals surface area contributed by atoms with Crippen LogP contribution >= 0.6 is 12.4 Å². The monoisotopic (exact) mass is 408 g/mol. The molecular weight excluding hydrogens is 372 g/mol. The third-order valence-corrected chi connectivity index (χ3v) is 8.68. The molecule has 0 spiro atoms. The van der Waals surface area contributed by atoms with E-state index in [0.717, 1.165) is 58.0 Å². The quantitative estimate of drug-likeness (QED) is 0.703. The summed E-state index contributed by atoms with van der Waals surface area (Å²) < 4.78 is 26.3. The molecule has 0 aromatic heterocycles. The Morgan fingerprint density at radius 1 is 1.08 bits per heavy atom. The van der Waals surface area contributed by atoms with Crippen molar-refractivity contribution >= 4 is 28.2 Å². The molecule has 1 amide bonds. The van der Waals surface area contributed by atoms with Gasteiger partial charge in [-0.2, -0.15) is 0 Å². The number of hydrogen-bond acceptors (Lipinski definition) is 4. The molecule has 1 unspecified atom stereocenters. The molecule has 26 heavy (non-hydrogen) atoms. The van der Waals surface area contributed by atoms with Crippen molar-refractivity contribution in [1.29, 1.82) is 0 Å². The first-order valence-electron chi connectivity index (χ1n) is 10.1. The number of halogens is 1. The normalized spacial score (nSPS) is 21.5. The summed E-state index contributed by atoms with van der Waals surface area (Å²) in [6, 6.07) is 0. The number of sulfone groups is 1. The molecule has 0 aromatic carbocycles. The van der Waals surface area contributed by atoms with Gasteiger partial charge in [0.2, 0.25) is 5.91 Å². The number of nitrogens with zero attached hydrogens (tertiary/aromatic N) is 1. The van der Waals surface area contributed by atoms with E-state index in [1.54, 1.807) is 0 Å².